The van der Waals surface area contributed by atoms with Gasteiger partial charge in [-0.3, -0.25) is 47.9 Å². The summed E-state index contributed by atoms with van der Waals surface area (Å²) in [7, 11) is 0. The van der Waals surface area contributed by atoms with Gasteiger partial charge in [0.15, 0.2) is 12.6 Å². The molecule has 2 fully saturated rings. The quantitative estimate of drug-likeness (QED) is 0.0324. The third-order valence-corrected chi connectivity index (χ3v) is 10.8. The number of unbranched alkanes of at least 4 members (excludes halogenated alkanes) is 1. The number of amides is 9. The monoisotopic (exact) mass is 1010 g/mol. The van der Waals surface area contributed by atoms with Gasteiger partial charge in [-0.25, -0.2) is 0 Å². The summed E-state index contributed by atoms with van der Waals surface area (Å²) < 4.78 is 23.2. The number of aliphatic hydroxyl groups excluding tert-OH is 5. The number of hydrogen-bond acceptors (Lipinski definition) is 20. The highest BCUT2D eigenvalue weighted by Gasteiger charge is 2.53. The van der Waals surface area contributed by atoms with Gasteiger partial charge in [0.1, 0.15) is 79.0 Å². The second kappa shape index (κ2) is 29.5. The molecule has 0 aromatic heterocycles. The molecule has 2 saturated heterocycles. The van der Waals surface area contributed by atoms with Crippen LogP contribution < -0.4 is 54.0 Å². The third-order valence-electron chi connectivity index (χ3n) is 10.8. The highest BCUT2D eigenvalue weighted by Crippen LogP contribution is 2.31. The van der Waals surface area contributed by atoms with Crippen LogP contribution in [-0.4, -0.2) is 214 Å². The van der Waals surface area contributed by atoms with Gasteiger partial charge in [0.25, 0.3) is 0 Å². The Hall–Kier alpha value is -5.70. The smallest absolute Gasteiger partial charge is 0.325 e. The zero-order valence-corrected chi connectivity index (χ0v) is 39.3. The standard InChI is InChI=1S/C40H68N10O20/c1-16(35(61)50-21(34(42)60)9-10-25(55)49-22(37(63)46-17(2)38(64)65)8-6-7-11-43-27(57)13-44-26(56)12-41)45-36(62)18(3)67-33-29(48-20(5)54)39(66)68-24(15-52)32(33)70-40-28(47-19(4)53)31(59)30(58)23(14-51)69-40/h16-18,21-24,28-33,39-40,51-52,58-59,66H,6-15,41H2,1-5H3,(H2,42,60)(H,43,57)(H,44,56)(H,45,62)(H,46,63)(H,47,53)(H,48,54)(H,49,55)(H,50,61)(H,64,65). The van der Waals surface area contributed by atoms with Gasteiger partial charge in [-0.15, -0.1) is 0 Å². The predicted molar refractivity (Wildman–Crippen MR) is 234 cm³/mol. The number of carboxylic acids is 1. The fourth-order valence-electron chi connectivity index (χ4n) is 7.00. The van der Waals surface area contributed by atoms with E-state index in [0.717, 1.165) is 13.8 Å². The number of hydrogen-bond donors (Lipinski definition) is 16. The molecule has 2 aliphatic rings. The molecule has 0 aromatic rings. The molecular formula is C40H68N10O20. The van der Waals surface area contributed by atoms with Crippen molar-refractivity contribution >= 4 is 59.1 Å². The Kier molecular flexibility index (Phi) is 25.4. The van der Waals surface area contributed by atoms with E-state index in [1.807, 2.05) is 0 Å². The average Bonchev–Trinajstić information content (AvgIpc) is 3.29. The Labute approximate surface area is 401 Å². The molecule has 0 aromatic carbocycles. The lowest BCUT2D eigenvalue weighted by Crippen LogP contribution is -2.70. The normalized spacial score (nSPS) is 26.3. The van der Waals surface area contributed by atoms with Gasteiger partial charge in [0.2, 0.25) is 53.2 Å². The number of aliphatic hydroxyl groups is 5. The summed E-state index contributed by atoms with van der Waals surface area (Å²) in [6.07, 6.45) is -15.3. The van der Waals surface area contributed by atoms with Crippen LogP contribution in [0.3, 0.4) is 0 Å². The van der Waals surface area contributed by atoms with Crippen LogP contribution in [0.1, 0.15) is 66.7 Å². The minimum absolute atomic E-state index is 0.0219. The van der Waals surface area contributed by atoms with E-state index in [1.54, 1.807) is 0 Å². The maximum atomic E-state index is 13.5. The van der Waals surface area contributed by atoms with Crippen molar-refractivity contribution in [2.24, 2.45) is 11.5 Å². The van der Waals surface area contributed by atoms with Gasteiger partial charge in [0, 0.05) is 26.8 Å². The van der Waals surface area contributed by atoms with E-state index < -0.39 is 177 Å². The van der Waals surface area contributed by atoms with Crippen molar-refractivity contribution in [1.82, 2.24) is 42.5 Å². The molecule has 2 heterocycles. The van der Waals surface area contributed by atoms with Crippen molar-refractivity contribution in [2.75, 3.05) is 32.8 Å². The lowest BCUT2D eigenvalue weighted by molar-refractivity contribution is -0.333. The largest absolute Gasteiger partial charge is 0.480 e. The molecule has 2 rings (SSSR count). The third kappa shape index (κ3) is 19.2. The number of carbonyl (C=O) groups excluding carboxylic acids is 9. The van der Waals surface area contributed by atoms with Gasteiger partial charge in [-0.2, -0.15) is 0 Å². The first kappa shape index (κ1) is 60.4. The Morgan fingerprint density at radius 2 is 1.27 bits per heavy atom. The van der Waals surface area contributed by atoms with Gasteiger partial charge in [0.05, 0.1) is 26.3 Å². The van der Waals surface area contributed by atoms with Crippen molar-refractivity contribution in [3.05, 3.63) is 0 Å². The number of ether oxygens (including phenoxy) is 4. The SMILES string of the molecule is CC(=O)NC1C(OC2C(CO)OC(O)C(NC(C)=O)C2OC(C)C(=O)NC(C)C(=O)NC(CCC(=O)NC(CCCCNC(=O)CNC(=O)CN)C(=O)NC(C)C(=O)O)C(N)=O)OC(CO)C(O)C1O. The molecule has 9 amide bonds. The van der Waals surface area contributed by atoms with Gasteiger partial charge >= 0.3 is 5.97 Å². The van der Waals surface area contributed by atoms with E-state index in [1.165, 1.54) is 20.8 Å². The first-order valence-electron chi connectivity index (χ1n) is 22.2. The molecule has 0 bridgehead atoms. The van der Waals surface area contributed by atoms with E-state index in [4.69, 9.17) is 30.4 Å². The molecule has 0 spiro atoms. The van der Waals surface area contributed by atoms with Crippen molar-refractivity contribution in [3.8, 4) is 0 Å². The Morgan fingerprint density at radius 3 is 1.84 bits per heavy atom. The Bertz CT molecular complexity index is 1830. The van der Waals surface area contributed by atoms with Crippen LogP contribution in [0.15, 0.2) is 0 Å². The number of rotatable bonds is 28. The summed E-state index contributed by atoms with van der Waals surface area (Å²) >= 11 is 0. The van der Waals surface area contributed by atoms with Crippen molar-refractivity contribution < 1.29 is 97.5 Å². The van der Waals surface area contributed by atoms with Gasteiger partial charge in [-0.05, 0) is 46.5 Å². The summed E-state index contributed by atoms with van der Waals surface area (Å²) in [5, 5.41) is 80.5. The summed E-state index contributed by atoms with van der Waals surface area (Å²) in [4.78, 5) is 124. The van der Waals surface area contributed by atoms with E-state index in [0.29, 0.717) is 6.42 Å². The van der Waals surface area contributed by atoms with Crippen LogP contribution in [-0.2, 0) is 66.9 Å². The second-order valence-corrected chi connectivity index (χ2v) is 16.5. The Morgan fingerprint density at radius 1 is 0.657 bits per heavy atom. The van der Waals surface area contributed by atoms with Gasteiger partial charge < -0.3 is 104 Å². The minimum Gasteiger partial charge on any atom is -0.480 e. The maximum Gasteiger partial charge on any atom is 0.325 e. The average molecular weight is 1010 g/mol. The maximum absolute atomic E-state index is 13.5. The summed E-state index contributed by atoms with van der Waals surface area (Å²) in [5.41, 5.74) is 10.7. The highest BCUT2D eigenvalue weighted by molar-refractivity contribution is 5.93. The van der Waals surface area contributed by atoms with Crippen LogP contribution >= 0.6 is 0 Å². The molecule has 2 aliphatic heterocycles. The molecule has 30 heteroatoms. The van der Waals surface area contributed by atoms with Crippen LogP contribution in [0.25, 0.3) is 0 Å². The zero-order chi connectivity index (χ0) is 53.0. The number of nitrogens with two attached hydrogens (primary N) is 2. The number of aliphatic carboxylic acids is 1. The fraction of sp³-hybridized carbons (Fsp3) is 0.750. The molecule has 0 aliphatic carbocycles. The lowest BCUT2D eigenvalue weighted by atomic mass is 9.94. The number of primary amides is 1. The van der Waals surface area contributed by atoms with Crippen molar-refractivity contribution in [3.63, 3.8) is 0 Å². The molecule has 70 heavy (non-hydrogen) atoms. The number of carbonyl (C=O) groups is 10. The van der Waals surface area contributed by atoms with Crippen LogP contribution in [0.2, 0.25) is 0 Å². The van der Waals surface area contributed by atoms with E-state index in [2.05, 4.69) is 42.5 Å². The molecule has 15 atom stereocenters. The molecular weight excluding hydrogens is 940 g/mol. The van der Waals surface area contributed by atoms with Crippen molar-refractivity contribution in [2.45, 2.75) is 158 Å². The van der Waals surface area contributed by atoms with E-state index in [-0.39, 0.29) is 32.5 Å². The first-order chi connectivity index (χ1) is 32.8. The summed E-state index contributed by atoms with van der Waals surface area (Å²) in [6.45, 7) is 3.57. The predicted octanol–water partition coefficient (Wildman–Crippen LogP) is -9.01. The number of carboxylic acid groups (broad SMARTS) is 1. The zero-order valence-electron chi connectivity index (χ0n) is 39.3. The lowest BCUT2D eigenvalue weighted by Gasteiger charge is -2.48. The molecule has 30 nitrogen and oxygen atoms in total. The molecule has 18 N–H and O–H groups in total. The molecule has 0 radical (unpaired) electrons. The summed E-state index contributed by atoms with van der Waals surface area (Å²) in [6, 6.07) is -8.59. The van der Waals surface area contributed by atoms with Crippen LogP contribution in [0, 0.1) is 0 Å². The van der Waals surface area contributed by atoms with Gasteiger partial charge in [-0.1, -0.05) is 0 Å². The first-order valence-corrected chi connectivity index (χ1v) is 22.2. The van der Waals surface area contributed by atoms with E-state index >= 15 is 0 Å². The minimum atomic E-state index is -1.89. The Balaban J connectivity index is 2.16. The van der Waals surface area contributed by atoms with Crippen molar-refractivity contribution in [1.29, 1.82) is 0 Å². The topological polar surface area (TPSA) is 477 Å². The molecule has 398 valence electrons. The molecule has 15 unspecified atom stereocenters. The van der Waals surface area contributed by atoms with E-state index in [9.17, 15) is 78.6 Å². The fourth-order valence-corrected chi connectivity index (χ4v) is 7.00. The molecule has 0 saturated carbocycles. The van der Waals surface area contributed by atoms with Crippen LogP contribution in [0.5, 0.6) is 0 Å². The number of nitrogens with one attached hydrogen (secondary N) is 8. The van der Waals surface area contributed by atoms with Crippen LogP contribution in [0.4, 0.5) is 0 Å². The second-order valence-electron chi connectivity index (χ2n) is 16.5. The highest BCUT2D eigenvalue weighted by atomic mass is 16.7. The summed E-state index contributed by atoms with van der Waals surface area (Å²) in [5.74, 6) is -8.54.